The van der Waals surface area contributed by atoms with Crippen molar-refractivity contribution >= 4 is 25.7 Å². The highest BCUT2D eigenvalue weighted by Gasteiger charge is 2.28. The van der Waals surface area contributed by atoms with E-state index < -0.39 is 57.8 Å². The Morgan fingerprint density at radius 3 is 1.07 bits per heavy atom. The number of esters is 3. The van der Waals surface area contributed by atoms with Crippen LogP contribution in [0.25, 0.3) is 0 Å². The van der Waals surface area contributed by atoms with Gasteiger partial charge in [-0.05, 0) is 109 Å². The van der Waals surface area contributed by atoms with Gasteiger partial charge in [0.05, 0.1) is 19.8 Å². The second-order valence-corrected chi connectivity index (χ2v) is 21.6. The zero-order valence-electron chi connectivity index (χ0n) is 48.5. The Morgan fingerprint density at radius 2 is 0.684 bits per heavy atom. The minimum atomic E-state index is -4.76. The Bertz CT molecular complexity index is 1600. The molecule has 0 spiro atoms. The van der Waals surface area contributed by atoms with Gasteiger partial charge in [-0.2, -0.15) is 0 Å². The van der Waals surface area contributed by atoms with E-state index in [0.29, 0.717) is 19.3 Å². The van der Waals surface area contributed by atoms with Gasteiger partial charge in [0.25, 0.3) is 0 Å². The van der Waals surface area contributed by atoms with Gasteiger partial charge < -0.3 is 24.2 Å². The third-order valence-corrected chi connectivity index (χ3v) is 13.7. The Balaban J connectivity index is 4.75. The fraction of sp³-hybridized carbons (Fsp3) is 0.734. The fourth-order valence-electron chi connectivity index (χ4n) is 8.20. The molecule has 0 amide bonds. The Hall–Kier alpha value is -3.34. The maximum Gasteiger partial charge on any atom is 0.472 e. The number of hydrogen-bond acceptors (Lipinski definition) is 10. The maximum atomic E-state index is 12.9. The molecule has 12 heteroatoms. The van der Waals surface area contributed by atoms with Crippen LogP contribution in [0.1, 0.15) is 265 Å². The van der Waals surface area contributed by atoms with Gasteiger partial charge in [0.15, 0.2) is 6.10 Å². The highest BCUT2D eigenvalue weighted by atomic mass is 31.2. The summed E-state index contributed by atoms with van der Waals surface area (Å²) in [5, 5.41) is 9.83. The molecule has 11 nitrogen and oxygen atoms in total. The predicted octanol–water partition coefficient (Wildman–Crippen LogP) is 18.3. The number of ether oxygens (including phenoxy) is 3. The molecular weight excluding hydrogens is 976 g/mol. The smallest absolute Gasteiger partial charge is 0.462 e. The molecule has 0 heterocycles. The van der Waals surface area contributed by atoms with Gasteiger partial charge in [-0.3, -0.25) is 23.4 Å². The Morgan fingerprint density at radius 1 is 0.382 bits per heavy atom. The van der Waals surface area contributed by atoms with Crippen LogP contribution in [0.2, 0.25) is 0 Å². The summed E-state index contributed by atoms with van der Waals surface area (Å²) < 4.78 is 39.6. The summed E-state index contributed by atoms with van der Waals surface area (Å²) in [5.74, 6) is -1.49. The number of rotatable bonds is 56. The van der Waals surface area contributed by atoms with Crippen LogP contribution in [-0.2, 0) is 42.2 Å². The van der Waals surface area contributed by atoms with Gasteiger partial charge >= 0.3 is 25.7 Å². The van der Waals surface area contributed by atoms with Crippen LogP contribution in [0, 0.1) is 0 Å². The van der Waals surface area contributed by atoms with E-state index in [-0.39, 0.29) is 25.9 Å². The average molecular weight is 1090 g/mol. The topological polar surface area (TPSA) is 155 Å². The molecule has 0 bridgehead atoms. The number of aliphatic hydroxyl groups excluding tert-OH is 1. The Labute approximate surface area is 464 Å². The van der Waals surface area contributed by atoms with Crippen LogP contribution >= 0.6 is 7.82 Å². The van der Waals surface area contributed by atoms with Gasteiger partial charge in [-0.25, -0.2) is 4.57 Å². The first-order chi connectivity index (χ1) is 37.2. The summed E-state index contributed by atoms with van der Waals surface area (Å²) >= 11 is 0. The minimum absolute atomic E-state index is 0.152. The number of allylic oxidation sites excluding steroid dienone is 14. The SMILES string of the molecule is CC/C=C\C/C=C\C/C=C\CCCCCCCCCC(=O)OC(COC(=O)CCCCCCCCC/C=C\CCCCCCCC)COP(=O)(O)OCC(CO)OC(=O)CCCCCCC/C=C\C/C=C\C/C=C\CC. The van der Waals surface area contributed by atoms with E-state index in [4.69, 9.17) is 23.3 Å². The van der Waals surface area contributed by atoms with Crippen LogP contribution in [0.4, 0.5) is 0 Å². The number of phosphoric acid groups is 1. The number of carbonyl (C=O) groups is 3. The molecule has 0 aromatic carbocycles. The summed E-state index contributed by atoms with van der Waals surface area (Å²) in [5.41, 5.74) is 0. The minimum Gasteiger partial charge on any atom is -0.462 e. The van der Waals surface area contributed by atoms with Crippen molar-refractivity contribution < 1.29 is 52.2 Å². The lowest BCUT2D eigenvalue weighted by molar-refractivity contribution is -0.161. The van der Waals surface area contributed by atoms with Crippen molar-refractivity contribution in [1.29, 1.82) is 0 Å². The zero-order chi connectivity index (χ0) is 55.5. The normalized spacial score (nSPS) is 13.9. The van der Waals surface area contributed by atoms with E-state index in [0.717, 1.165) is 135 Å². The Kier molecular flexibility index (Phi) is 55.3. The van der Waals surface area contributed by atoms with Crippen molar-refractivity contribution in [3.05, 3.63) is 85.1 Å². The van der Waals surface area contributed by atoms with Crippen LogP contribution in [-0.4, -0.2) is 66.5 Å². The second-order valence-electron chi connectivity index (χ2n) is 20.1. The third kappa shape index (κ3) is 55.4. The summed E-state index contributed by atoms with van der Waals surface area (Å²) in [7, 11) is -4.76. The van der Waals surface area contributed by atoms with Gasteiger partial charge in [-0.15, -0.1) is 0 Å². The summed E-state index contributed by atoms with van der Waals surface area (Å²) in [6.07, 6.45) is 66.7. The van der Waals surface area contributed by atoms with Crippen LogP contribution in [0.5, 0.6) is 0 Å². The van der Waals surface area contributed by atoms with Gasteiger partial charge in [-0.1, -0.05) is 221 Å². The largest absolute Gasteiger partial charge is 0.472 e. The zero-order valence-corrected chi connectivity index (χ0v) is 49.3. The molecule has 0 fully saturated rings. The fourth-order valence-corrected chi connectivity index (χ4v) is 8.99. The summed E-state index contributed by atoms with van der Waals surface area (Å²) in [6.45, 7) is 4.40. The quantitative estimate of drug-likeness (QED) is 0.0197. The molecule has 438 valence electrons. The molecule has 0 aliphatic heterocycles. The van der Waals surface area contributed by atoms with Crippen LogP contribution in [0.3, 0.4) is 0 Å². The molecule has 0 radical (unpaired) electrons. The standard InChI is InChI=1S/C64H111O11P/c1-4-7-10-13-16-19-22-25-28-30-33-35-38-41-44-47-50-53-62(66)71-57-61(75-64(68)55-52-49-46-43-40-37-34-31-29-26-23-20-17-14-11-8-5-2)59-73-76(69,70)72-58-60(56-65)74-63(67)54-51-48-45-42-39-36-32-27-24-21-18-15-12-9-6-3/h8-9,11-12,17-18,20-21,25-29,32,60-61,65H,4-7,10,13-16,19,22-24,30-31,33-59H2,1-3H3,(H,69,70)/b11-8-,12-9-,20-17-,21-18-,28-25-,29-26-,32-27-. The molecular formula is C64H111O11P. The molecule has 0 aliphatic carbocycles. The number of aliphatic hydroxyl groups is 1. The van der Waals surface area contributed by atoms with Crippen molar-refractivity contribution in [2.75, 3.05) is 26.4 Å². The lowest BCUT2D eigenvalue weighted by Crippen LogP contribution is -2.30. The van der Waals surface area contributed by atoms with Gasteiger partial charge in [0, 0.05) is 19.3 Å². The molecule has 76 heavy (non-hydrogen) atoms. The molecule has 0 aliphatic rings. The number of phosphoric ester groups is 1. The van der Waals surface area contributed by atoms with Crippen molar-refractivity contribution in [2.45, 2.75) is 277 Å². The maximum absolute atomic E-state index is 12.9. The molecule has 2 N–H and O–H groups in total. The van der Waals surface area contributed by atoms with E-state index in [9.17, 15) is 28.9 Å². The third-order valence-electron chi connectivity index (χ3n) is 12.8. The van der Waals surface area contributed by atoms with Crippen molar-refractivity contribution in [2.24, 2.45) is 0 Å². The molecule has 3 atom stereocenters. The molecule has 0 aromatic rings. The van der Waals surface area contributed by atoms with Crippen LogP contribution in [0.15, 0.2) is 85.1 Å². The first kappa shape index (κ1) is 72.7. The summed E-state index contributed by atoms with van der Waals surface area (Å²) in [4.78, 5) is 48.7. The van der Waals surface area contributed by atoms with E-state index >= 15 is 0 Å². The van der Waals surface area contributed by atoms with Gasteiger partial charge in [0.1, 0.15) is 12.7 Å². The molecule has 0 rings (SSSR count). The lowest BCUT2D eigenvalue weighted by Gasteiger charge is -2.21. The van der Waals surface area contributed by atoms with Crippen molar-refractivity contribution in [3.63, 3.8) is 0 Å². The van der Waals surface area contributed by atoms with Crippen molar-refractivity contribution in [1.82, 2.24) is 0 Å². The highest BCUT2D eigenvalue weighted by molar-refractivity contribution is 7.47. The molecule has 0 saturated carbocycles. The van der Waals surface area contributed by atoms with E-state index in [1.807, 2.05) is 0 Å². The van der Waals surface area contributed by atoms with Gasteiger partial charge in [0.2, 0.25) is 0 Å². The summed E-state index contributed by atoms with van der Waals surface area (Å²) in [6, 6.07) is 0. The number of unbranched alkanes of at least 4 members (excludes halogenated alkanes) is 25. The molecule has 0 saturated heterocycles. The molecule has 0 aromatic heterocycles. The highest BCUT2D eigenvalue weighted by Crippen LogP contribution is 2.43. The van der Waals surface area contributed by atoms with E-state index in [1.165, 1.54) is 70.6 Å². The number of carbonyl (C=O) groups excluding carboxylic acids is 3. The first-order valence-electron chi connectivity index (χ1n) is 30.5. The van der Waals surface area contributed by atoms with E-state index in [2.05, 4.69) is 106 Å². The van der Waals surface area contributed by atoms with E-state index in [1.54, 1.807) is 0 Å². The first-order valence-corrected chi connectivity index (χ1v) is 32.0. The average Bonchev–Trinajstić information content (AvgIpc) is 3.41. The second kappa shape index (κ2) is 57.8. The monoisotopic (exact) mass is 1090 g/mol. The lowest BCUT2D eigenvalue weighted by atomic mass is 10.1. The van der Waals surface area contributed by atoms with Crippen molar-refractivity contribution in [3.8, 4) is 0 Å². The predicted molar refractivity (Wildman–Crippen MR) is 316 cm³/mol. The molecule has 3 unspecified atom stereocenters. The number of hydrogen-bond donors (Lipinski definition) is 2. The van der Waals surface area contributed by atoms with Crippen LogP contribution < -0.4 is 0 Å².